The minimum Gasteiger partial charge on any atom is -0.351 e. The molecule has 0 spiro atoms. The van der Waals surface area contributed by atoms with Crippen LogP contribution in [0.3, 0.4) is 0 Å². The molecule has 0 saturated heterocycles. The zero-order valence-corrected chi connectivity index (χ0v) is 12.6. The van der Waals surface area contributed by atoms with Crippen LogP contribution in [-0.4, -0.2) is 10.9 Å². The predicted octanol–water partition coefficient (Wildman–Crippen LogP) is 2.88. The Balaban J connectivity index is 1.94. The second-order valence-electron chi connectivity index (χ2n) is 4.62. The van der Waals surface area contributed by atoms with Gasteiger partial charge in [-0.2, -0.15) is 5.26 Å². The number of hydrogen-bond acceptors (Lipinski definition) is 3. The Bertz CT molecular complexity index is 680. The highest BCUT2D eigenvalue weighted by Crippen LogP contribution is 2.09. The van der Waals surface area contributed by atoms with Crippen molar-refractivity contribution in [3.8, 4) is 6.07 Å². The van der Waals surface area contributed by atoms with Crippen LogP contribution >= 0.6 is 12.2 Å². The maximum atomic E-state index is 12.1. The monoisotopic (exact) mass is 309 g/mol. The van der Waals surface area contributed by atoms with Crippen molar-refractivity contribution in [2.45, 2.75) is 6.54 Å². The normalized spacial score (nSPS) is 11.0. The van der Waals surface area contributed by atoms with E-state index in [9.17, 15) is 10.1 Å². The molecule has 4 nitrogen and oxygen atoms in total. The van der Waals surface area contributed by atoms with Crippen LogP contribution in [0.4, 0.5) is 5.69 Å². The van der Waals surface area contributed by atoms with Crippen molar-refractivity contribution in [3.05, 3.63) is 66.2 Å². The van der Waals surface area contributed by atoms with Gasteiger partial charge in [-0.15, -0.1) is 0 Å². The van der Waals surface area contributed by atoms with Crippen molar-refractivity contribution < 1.29 is 4.79 Å². The van der Waals surface area contributed by atoms with Gasteiger partial charge in [0.2, 0.25) is 5.91 Å². The Morgan fingerprint density at radius 2 is 1.68 bits per heavy atom. The van der Waals surface area contributed by atoms with Gasteiger partial charge in [-0.25, -0.2) is 0 Å². The van der Waals surface area contributed by atoms with Crippen molar-refractivity contribution in [1.29, 1.82) is 5.26 Å². The van der Waals surface area contributed by atoms with Crippen molar-refractivity contribution in [3.63, 3.8) is 0 Å². The predicted molar refractivity (Wildman–Crippen MR) is 90.1 cm³/mol. The molecule has 0 aliphatic heterocycles. The van der Waals surface area contributed by atoms with Gasteiger partial charge in [-0.1, -0.05) is 60.7 Å². The number of carbonyl (C=O) groups excluding carboxylic acids is 1. The summed E-state index contributed by atoms with van der Waals surface area (Å²) in [4.78, 5) is 12.3. The van der Waals surface area contributed by atoms with Crippen LogP contribution in [-0.2, 0) is 11.3 Å². The number of thiocarbonyl (C=S) groups is 1. The first-order valence-corrected chi connectivity index (χ1v) is 7.18. The average Bonchev–Trinajstić information content (AvgIpc) is 2.55. The molecule has 0 radical (unpaired) electrons. The average molecular weight is 309 g/mol. The van der Waals surface area contributed by atoms with E-state index in [1.165, 1.54) is 0 Å². The minimum absolute atomic E-state index is 0.194. The number of rotatable bonds is 5. The summed E-state index contributed by atoms with van der Waals surface area (Å²) in [5.41, 5.74) is 1.72. The lowest BCUT2D eigenvalue weighted by atomic mass is 10.1. The van der Waals surface area contributed by atoms with E-state index in [0.29, 0.717) is 6.54 Å². The zero-order valence-electron chi connectivity index (χ0n) is 11.8. The van der Waals surface area contributed by atoms with E-state index in [1.807, 2.05) is 66.7 Å². The smallest absolute Gasteiger partial charge is 0.244 e. The Hall–Kier alpha value is -2.71. The zero-order chi connectivity index (χ0) is 15.8. The summed E-state index contributed by atoms with van der Waals surface area (Å²) < 4.78 is 0. The molecule has 0 saturated carbocycles. The van der Waals surface area contributed by atoms with E-state index in [4.69, 9.17) is 12.2 Å². The standard InChI is InChI=1S/C17H15N3OS/c18-11-15(17(22)20-14-9-5-2-6-10-14)16(21)19-12-13-7-3-1-4-8-13/h1-10,15H,12H2,(H,19,21)(H,20,22)/t15-/m1/s1. The number of hydrogen-bond donors (Lipinski definition) is 2. The molecule has 0 bridgehead atoms. The van der Waals surface area contributed by atoms with Crippen LogP contribution in [0.5, 0.6) is 0 Å². The third-order valence-corrected chi connectivity index (χ3v) is 3.34. The van der Waals surface area contributed by atoms with Crippen molar-refractivity contribution in [2.24, 2.45) is 5.92 Å². The highest BCUT2D eigenvalue weighted by molar-refractivity contribution is 7.80. The van der Waals surface area contributed by atoms with Crippen molar-refractivity contribution in [2.75, 3.05) is 5.32 Å². The number of nitriles is 1. The Morgan fingerprint density at radius 3 is 2.27 bits per heavy atom. The summed E-state index contributed by atoms with van der Waals surface area (Å²) in [6, 6.07) is 20.7. The Morgan fingerprint density at radius 1 is 1.09 bits per heavy atom. The summed E-state index contributed by atoms with van der Waals surface area (Å²) in [7, 11) is 0. The number of amides is 1. The SMILES string of the molecule is N#C[C@H](C(=O)NCc1ccccc1)C(=S)Nc1ccccc1. The van der Waals surface area contributed by atoms with Crippen LogP contribution in [0.2, 0.25) is 0 Å². The summed E-state index contributed by atoms with van der Waals surface area (Å²) in [6.45, 7) is 0.367. The third kappa shape index (κ3) is 4.40. The van der Waals surface area contributed by atoms with Crippen LogP contribution in [0.1, 0.15) is 5.56 Å². The van der Waals surface area contributed by atoms with Crippen molar-refractivity contribution in [1.82, 2.24) is 5.32 Å². The van der Waals surface area contributed by atoms with Gasteiger partial charge in [-0.3, -0.25) is 4.79 Å². The molecule has 2 rings (SSSR count). The van der Waals surface area contributed by atoms with Gasteiger partial charge < -0.3 is 10.6 Å². The molecule has 0 heterocycles. The molecule has 0 unspecified atom stereocenters. The molecule has 0 fully saturated rings. The maximum Gasteiger partial charge on any atom is 0.244 e. The summed E-state index contributed by atoms with van der Waals surface area (Å²) in [6.07, 6.45) is 0. The highest BCUT2D eigenvalue weighted by Gasteiger charge is 2.22. The van der Waals surface area contributed by atoms with E-state index >= 15 is 0 Å². The summed E-state index contributed by atoms with van der Waals surface area (Å²) in [5, 5.41) is 14.9. The Labute approximate surface area is 134 Å². The molecule has 1 amide bonds. The Kier molecular flexibility index (Phi) is 5.64. The first-order valence-electron chi connectivity index (χ1n) is 6.78. The molecule has 1 atom stereocenters. The van der Waals surface area contributed by atoms with Gasteiger partial charge in [0.05, 0.1) is 6.07 Å². The van der Waals surface area contributed by atoms with E-state index in [-0.39, 0.29) is 4.99 Å². The molecule has 2 N–H and O–H groups in total. The highest BCUT2D eigenvalue weighted by atomic mass is 32.1. The molecule has 5 heteroatoms. The van der Waals surface area contributed by atoms with Gasteiger partial charge in [0, 0.05) is 12.2 Å². The lowest BCUT2D eigenvalue weighted by Gasteiger charge is -2.13. The van der Waals surface area contributed by atoms with Gasteiger partial charge in [0.25, 0.3) is 0 Å². The number of nitrogens with one attached hydrogen (secondary N) is 2. The first kappa shape index (κ1) is 15.7. The number of nitrogens with zero attached hydrogens (tertiary/aromatic N) is 1. The lowest BCUT2D eigenvalue weighted by Crippen LogP contribution is -2.36. The quantitative estimate of drug-likeness (QED) is 0.834. The number of para-hydroxylation sites is 1. The molecule has 0 aliphatic rings. The molecule has 2 aromatic carbocycles. The van der Waals surface area contributed by atoms with Gasteiger partial charge >= 0.3 is 0 Å². The summed E-state index contributed by atoms with van der Waals surface area (Å²) in [5.74, 6) is -1.42. The summed E-state index contributed by atoms with van der Waals surface area (Å²) >= 11 is 5.17. The van der Waals surface area contributed by atoms with E-state index < -0.39 is 11.8 Å². The number of carbonyl (C=O) groups is 1. The molecule has 110 valence electrons. The first-order chi connectivity index (χ1) is 10.7. The van der Waals surface area contributed by atoms with Crippen LogP contribution < -0.4 is 10.6 Å². The van der Waals surface area contributed by atoms with Crippen LogP contribution in [0.15, 0.2) is 60.7 Å². The molecular formula is C17H15N3OS. The second kappa shape index (κ2) is 7.91. The maximum absolute atomic E-state index is 12.1. The fourth-order valence-corrected chi connectivity index (χ4v) is 2.14. The lowest BCUT2D eigenvalue weighted by molar-refractivity contribution is -0.121. The number of anilines is 1. The van der Waals surface area contributed by atoms with E-state index in [1.54, 1.807) is 0 Å². The van der Waals surface area contributed by atoms with E-state index in [2.05, 4.69) is 10.6 Å². The van der Waals surface area contributed by atoms with Gasteiger partial charge in [0.15, 0.2) is 5.92 Å². The third-order valence-electron chi connectivity index (χ3n) is 3.00. The molecule has 2 aromatic rings. The van der Waals surface area contributed by atoms with Gasteiger partial charge in [0.1, 0.15) is 4.99 Å². The fourth-order valence-electron chi connectivity index (χ4n) is 1.86. The van der Waals surface area contributed by atoms with Gasteiger partial charge in [-0.05, 0) is 17.7 Å². The molecule has 0 aromatic heterocycles. The molecule has 22 heavy (non-hydrogen) atoms. The van der Waals surface area contributed by atoms with Crippen LogP contribution in [0, 0.1) is 17.2 Å². The molecular weight excluding hydrogens is 294 g/mol. The van der Waals surface area contributed by atoms with E-state index in [0.717, 1.165) is 11.3 Å². The molecule has 0 aliphatic carbocycles. The largest absolute Gasteiger partial charge is 0.351 e. The number of benzene rings is 2. The minimum atomic E-state index is -1.01. The van der Waals surface area contributed by atoms with Crippen LogP contribution in [0.25, 0.3) is 0 Å². The van der Waals surface area contributed by atoms with Crippen molar-refractivity contribution >= 4 is 28.8 Å². The fraction of sp³-hybridized carbons (Fsp3) is 0.118. The topological polar surface area (TPSA) is 64.9 Å². The second-order valence-corrected chi connectivity index (χ2v) is 5.06.